The van der Waals surface area contributed by atoms with Crippen LogP contribution >= 0.6 is 0 Å². The van der Waals surface area contributed by atoms with Crippen LogP contribution < -0.4 is 5.32 Å². The molecule has 0 aliphatic rings. The molecule has 114 valence electrons. The van der Waals surface area contributed by atoms with Crippen molar-refractivity contribution in [1.82, 2.24) is 24.8 Å². The lowest BCUT2D eigenvalue weighted by atomic mass is 10.1. The number of allylic oxidation sites excluding steroid dienone is 4. The molecule has 2 N–H and O–H groups in total. The van der Waals surface area contributed by atoms with Crippen molar-refractivity contribution in [2.45, 2.75) is 0 Å². The van der Waals surface area contributed by atoms with Crippen LogP contribution in [0.5, 0.6) is 0 Å². The molecule has 3 rings (SSSR count). The number of hydrogen-bond acceptors (Lipinski definition) is 4. The lowest BCUT2D eigenvalue weighted by molar-refractivity contribution is 0.102. The second-order valence-electron chi connectivity index (χ2n) is 4.62. The summed E-state index contributed by atoms with van der Waals surface area (Å²) in [5, 5.41) is 13.7. The lowest BCUT2D eigenvalue weighted by Crippen LogP contribution is -2.12. The SMILES string of the molecule is C=C/C=C(\C=C)c1[nH]ncc1NC(=O)c1cnn2cccnc12. The zero-order valence-corrected chi connectivity index (χ0v) is 12.2. The molecule has 3 aromatic heterocycles. The van der Waals surface area contributed by atoms with Gasteiger partial charge in [0, 0.05) is 18.0 Å². The third-order valence-electron chi connectivity index (χ3n) is 3.22. The normalized spacial score (nSPS) is 11.4. The molecule has 0 bridgehead atoms. The number of H-pyrrole nitrogens is 1. The Hall–Kier alpha value is -3.48. The molecule has 0 aromatic carbocycles. The van der Waals surface area contributed by atoms with Crippen molar-refractivity contribution in [2.24, 2.45) is 0 Å². The van der Waals surface area contributed by atoms with Gasteiger partial charge in [-0.15, -0.1) is 0 Å². The Morgan fingerprint density at radius 1 is 1.35 bits per heavy atom. The van der Waals surface area contributed by atoms with E-state index in [2.05, 4.69) is 38.8 Å². The number of carbonyl (C=O) groups excluding carboxylic acids is 1. The fourth-order valence-corrected chi connectivity index (χ4v) is 2.16. The highest BCUT2D eigenvalue weighted by Gasteiger charge is 2.16. The minimum Gasteiger partial charge on any atom is -0.319 e. The molecular formula is C16H14N6O. The van der Waals surface area contributed by atoms with Crippen LogP contribution in [0.25, 0.3) is 11.2 Å². The van der Waals surface area contributed by atoms with Crippen molar-refractivity contribution in [3.05, 3.63) is 73.5 Å². The summed E-state index contributed by atoms with van der Waals surface area (Å²) in [6.07, 6.45) is 11.4. The molecule has 3 heterocycles. The monoisotopic (exact) mass is 306 g/mol. The number of nitrogens with zero attached hydrogens (tertiary/aromatic N) is 4. The molecule has 7 heteroatoms. The third kappa shape index (κ3) is 2.67. The third-order valence-corrected chi connectivity index (χ3v) is 3.22. The van der Waals surface area contributed by atoms with E-state index < -0.39 is 0 Å². The summed E-state index contributed by atoms with van der Waals surface area (Å²) in [4.78, 5) is 16.7. The van der Waals surface area contributed by atoms with Gasteiger partial charge in [-0.3, -0.25) is 9.89 Å². The van der Waals surface area contributed by atoms with Crippen LogP contribution in [0.3, 0.4) is 0 Å². The molecule has 0 radical (unpaired) electrons. The molecule has 0 fully saturated rings. The van der Waals surface area contributed by atoms with E-state index in [0.29, 0.717) is 22.6 Å². The summed E-state index contributed by atoms with van der Waals surface area (Å²) in [6, 6.07) is 1.74. The van der Waals surface area contributed by atoms with E-state index in [1.54, 1.807) is 36.7 Å². The van der Waals surface area contributed by atoms with Crippen LogP contribution in [0, 0.1) is 0 Å². The van der Waals surface area contributed by atoms with Gasteiger partial charge in [0.25, 0.3) is 5.91 Å². The molecule has 0 atom stereocenters. The van der Waals surface area contributed by atoms with Crippen molar-refractivity contribution in [3.8, 4) is 0 Å². The number of fused-ring (bicyclic) bond motifs is 1. The highest BCUT2D eigenvalue weighted by Crippen LogP contribution is 2.23. The summed E-state index contributed by atoms with van der Waals surface area (Å²) in [5.41, 5.74) is 2.83. The van der Waals surface area contributed by atoms with Crippen molar-refractivity contribution in [2.75, 3.05) is 5.32 Å². The van der Waals surface area contributed by atoms with Gasteiger partial charge in [0.05, 0.1) is 23.8 Å². The van der Waals surface area contributed by atoms with E-state index in [0.717, 1.165) is 5.57 Å². The Morgan fingerprint density at radius 2 is 2.22 bits per heavy atom. The second kappa shape index (κ2) is 6.10. The van der Waals surface area contributed by atoms with Crippen LogP contribution in [0.2, 0.25) is 0 Å². The predicted molar refractivity (Wildman–Crippen MR) is 87.9 cm³/mol. The maximum absolute atomic E-state index is 12.5. The van der Waals surface area contributed by atoms with Crippen molar-refractivity contribution < 1.29 is 4.79 Å². The van der Waals surface area contributed by atoms with Crippen LogP contribution in [0.15, 0.2) is 62.2 Å². The zero-order chi connectivity index (χ0) is 16.2. The molecule has 0 saturated carbocycles. The Labute approximate surface area is 132 Å². The van der Waals surface area contributed by atoms with Crippen LogP contribution in [0.4, 0.5) is 5.69 Å². The topological polar surface area (TPSA) is 88.0 Å². The predicted octanol–water partition coefficient (Wildman–Crippen LogP) is 2.46. The zero-order valence-electron chi connectivity index (χ0n) is 12.2. The van der Waals surface area contributed by atoms with Crippen molar-refractivity contribution in [1.29, 1.82) is 0 Å². The Kier molecular flexibility index (Phi) is 3.84. The van der Waals surface area contributed by atoms with E-state index in [-0.39, 0.29) is 5.91 Å². The molecule has 3 aromatic rings. The molecule has 1 amide bonds. The van der Waals surface area contributed by atoms with E-state index in [4.69, 9.17) is 0 Å². The minimum absolute atomic E-state index is 0.316. The standard InChI is InChI=1S/C16H14N6O/c1-3-6-11(4-2)14-13(10-18-21-14)20-16(23)12-9-19-22-8-5-7-17-15(12)22/h3-10H,1-2H2,(H,18,21)(H,20,23)/b11-6+. The van der Waals surface area contributed by atoms with E-state index in [1.165, 1.54) is 16.9 Å². The largest absolute Gasteiger partial charge is 0.319 e. The highest BCUT2D eigenvalue weighted by molar-refractivity contribution is 6.09. The first-order valence-electron chi connectivity index (χ1n) is 6.83. The van der Waals surface area contributed by atoms with Gasteiger partial charge in [0.15, 0.2) is 5.65 Å². The molecular weight excluding hydrogens is 292 g/mol. The maximum Gasteiger partial charge on any atom is 0.261 e. The number of carbonyl (C=O) groups is 1. The minimum atomic E-state index is -0.316. The number of rotatable bonds is 5. The van der Waals surface area contributed by atoms with E-state index in [1.807, 2.05) is 0 Å². The van der Waals surface area contributed by atoms with Gasteiger partial charge in [0.1, 0.15) is 5.56 Å². The van der Waals surface area contributed by atoms with Gasteiger partial charge in [0.2, 0.25) is 0 Å². The molecule has 0 aliphatic heterocycles. The maximum atomic E-state index is 12.5. The summed E-state index contributed by atoms with van der Waals surface area (Å²) < 4.78 is 1.54. The van der Waals surface area contributed by atoms with Gasteiger partial charge in [-0.25, -0.2) is 9.50 Å². The number of aromatic nitrogens is 5. The number of amides is 1. The van der Waals surface area contributed by atoms with E-state index in [9.17, 15) is 4.79 Å². The molecule has 0 unspecified atom stereocenters. The number of aromatic amines is 1. The Bertz CT molecular complexity index is 917. The smallest absolute Gasteiger partial charge is 0.261 e. The van der Waals surface area contributed by atoms with Crippen molar-refractivity contribution >= 4 is 22.8 Å². The average Bonchev–Trinajstić information content (AvgIpc) is 3.19. The Balaban J connectivity index is 1.92. The van der Waals surface area contributed by atoms with Crippen molar-refractivity contribution in [3.63, 3.8) is 0 Å². The van der Waals surface area contributed by atoms with Gasteiger partial charge < -0.3 is 5.32 Å². The number of nitrogens with one attached hydrogen (secondary N) is 2. The van der Waals surface area contributed by atoms with Crippen LogP contribution in [-0.4, -0.2) is 30.7 Å². The average molecular weight is 306 g/mol. The quantitative estimate of drug-likeness (QED) is 0.709. The summed E-state index contributed by atoms with van der Waals surface area (Å²) in [7, 11) is 0. The van der Waals surface area contributed by atoms with Crippen LogP contribution in [0.1, 0.15) is 16.1 Å². The molecule has 0 saturated heterocycles. The van der Waals surface area contributed by atoms with Gasteiger partial charge in [-0.2, -0.15) is 10.2 Å². The summed E-state index contributed by atoms with van der Waals surface area (Å²) >= 11 is 0. The molecule has 23 heavy (non-hydrogen) atoms. The lowest BCUT2D eigenvalue weighted by Gasteiger charge is -2.05. The highest BCUT2D eigenvalue weighted by atomic mass is 16.1. The first-order chi connectivity index (χ1) is 11.2. The van der Waals surface area contributed by atoms with Crippen LogP contribution in [-0.2, 0) is 0 Å². The molecule has 7 nitrogen and oxygen atoms in total. The molecule has 0 spiro atoms. The van der Waals surface area contributed by atoms with Gasteiger partial charge >= 0.3 is 0 Å². The summed E-state index contributed by atoms with van der Waals surface area (Å²) in [5.74, 6) is -0.316. The Morgan fingerprint density at radius 3 is 3.00 bits per heavy atom. The fourth-order valence-electron chi connectivity index (χ4n) is 2.16. The fraction of sp³-hybridized carbons (Fsp3) is 0. The van der Waals surface area contributed by atoms with E-state index >= 15 is 0 Å². The number of hydrogen-bond donors (Lipinski definition) is 2. The first-order valence-corrected chi connectivity index (χ1v) is 6.83. The summed E-state index contributed by atoms with van der Waals surface area (Å²) in [6.45, 7) is 7.41. The second-order valence-corrected chi connectivity index (χ2v) is 4.62. The van der Waals surface area contributed by atoms with Gasteiger partial charge in [-0.05, 0) is 6.07 Å². The first kappa shape index (κ1) is 14.5. The molecule has 0 aliphatic carbocycles. The van der Waals surface area contributed by atoms with Gasteiger partial charge in [-0.1, -0.05) is 31.4 Å². The number of anilines is 1.